The molecule has 0 bridgehead atoms. The van der Waals surface area contributed by atoms with Crippen LogP contribution in [-0.2, 0) is 9.53 Å². The number of hydrogen-bond donors (Lipinski definition) is 0. The summed E-state index contributed by atoms with van der Waals surface area (Å²) in [5.74, 6) is 0.440. The molecule has 1 aliphatic heterocycles. The predicted molar refractivity (Wildman–Crippen MR) is 54.5 cm³/mol. The van der Waals surface area contributed by atoms with Gasteiger partial charge in [0, 0.05) is 24.9 Å². The Hall–Kier alpha value is -1.06. The zero-order valence-corrected chi connectivity index (χ0v) is 9.07. The lowest BCUT2D eigenvalue weighted by molar-refractivity contribution is -0.122. The zero-order chi connectivity index (χ0) is 10.8. The van der Waals surface area contributed by atoms with E-state index in [1.165, 1.54) is 0 Å². The summed E-state index contributed by atoms with van der Waals surface area (Å²) in [7, 11) is 0. The number of rotatable bonds is 3. The number of carbonyl (C=O) groups is 2. The van der Waals surface area contributed by atoms with Crippen molar-refractivity contribution < 1.29 is 14.3 Å². The van der Waals surface area contributed by atoms with E-state index in [9.17, 15) is 9.59 Å². The van der Waals surface area contributed by atoms with Crippen LogP contribution in [-0.4, -0.2) is 36.0 Å². The second-order valence-electron chi connectivity index (χ2n) is 4.29. The first-order chi connectivity index (χ1) is 7.24. The molecule has 0 aromatic rings. The summed E-state index contributed by atoms with van der Waals surface area (Å²) >= 11 is 0. The molecule has 2 unspecified atom stereocenters. The van der Waals surface area contributed by atoms with Crippen LogP contribution in [0.15, 0.2) is 0 Å². The summed E-state index contributed by atoms with van der Waals surface area (Å²) in [6.45, 7) is 3.10. The summed E-state index contributed by atoms with van der Waals surface area (Å²) < 4.78 is 5.13. The van der Waals surface area contributed by atoms with Crippen molar-refractivity contribution in [1.29, 1.82) is 0 Å². The fraction of sp³-hybridized carbons (Fsp3) is 0.818. The van der Waals surface area contributed by atoms with E-state index >= 15 is 0 Å². The highest BCUT2D eigenvalue weighted by Gasteiger charge is 2.51. The Morgan fingerprint density at radius 2 is 2.40 bits per heavy atom. The summed E-state index contributed by atoms with van der Waals surface area (Å²) in [5.41, 5.74) is 0. The molecular formula is C11H17NO3. The van der Waals surface area contributed by atoms with Gasteiger partial charge in [-0.15, -0.1) is 0 Å². The van der Waals surface area contributed by atoms with Crippen molar-refractivity contribution >= 4 is 11.9 Å². The monoisotopic (exact) mass is 211 g/mol. The summed E-state index contributed by atoms with van der Waals surface area (Å²) in [6, 6.07) is 0.153. The average Bonchev–Trinajstić information content (AvgIpc) is 2.99. The van der Waals surface area contributed by atoms with Crippen molar-refractivity contribution in [2.45, 2.75) is 38.6 Å². The maximum atomic E-state index is 11.6. The van der Waals surface area contributed by atoms with Gasteiger partial charge in [0.15, 0.2) is 0 Å². The summed E-state index contributed by atoms with van der Waals surface area (Å²) in [6.07, 6.45) is 3.05. The molecule has 1 heterocycles. The number of Topliss-reactive ketones (excluding diaryl/α,β-unsaturated/α-hetero) is 1. The molecule has 4 nitrogen and oxygen atoms in total. The Balaban J connectivity index is 1.79. The molecule has 1 amide bonds. The van der Waals surface area contributed by atoms with Crippen LogP contribution in [0.1, 0.15) is 32.6 Å². The van der Waals surface area contributed by atoms with Crippen molar-refractivity contribution in [3.05, 3.63) is 0 Å². The first-order valence-corrected chi connectivity index (χ1v) is 5.70. The standard InChI is InChI=1S/C11H17NO3/c1-2-3-6-15-11(14)12-5-4-10(13)8-7-9(8)12/h8-9H,2-7H2,1H3. The SMILES string of the molecule is CCCCOC(=O)N1CCC(=O)C2CC21. The average molecular weight is 211 g/mol. The number of piperidine rings is 1. The molecule has 15 heavy (non-hydrogen) atoms. The number of nitrogens with zero attached hydrogens (tertiary/aromatic N) is 1. The third kappa shape index (κ3) is 2.13. The topological polar surface area (TPSA) is 46.6 Å². The number of hydrogen-bond acceptors (Lipinski definition) is 3. The van der Waals surface area contributed by atoms with Crippen LogP contribution in [0.4, 0.5) is 4.79 Å². The van der Waals surface area contributed by atoms with Crippen LogP contribution >= 0.6 is 0 Å². The lowest BCUT2D eigenvalue weighted by Crippen LogP contribution is -2.40. The van der Waals surface area contributed by atoms with Crippen LogP contribution in [0.2, 0.25) is 0 Å². The van der Waals surface area contributed by atoms with Gasteiger partial charge >= 0.3 is 6.09 Å². The van der Waals surface area contributed by atoms with Gasteiger partial charge in [-0.1, -0.05) is 13.3 Å². The van der Waals surface area contributed by atoms with E-state index in [0.717, 1.165) is 19.3 Å². The molecule has 2 rings (SSSR count). The molecule has 0 aromatic carbocycles. The number of likely N-dealkylation sites (tertiary alicyclic amines) is 1. The highest BCUT2D eigenvalue weighted by molar-refractivity contribution is 5.87. The number of ether oxygens (including phenoxy) is 1. The lowest BCUT2D eigenvalue weighted by Gasteiger charge is -2.25. The van der Waals surface area contributed by atoms with Gasteiger partial charge in [0.2, 0.25) is 0 Å². The van der Waals surface area contributed by atoms with Crippen molar-refractivity contribution in [1.82, 2.24) is 4.90 Å². The number of unbranched alkanes of at least 4 members (excludes halogenated alkanes) is 1. The first kappa shape index (κ1) is 10.5. The van der Waals surface area contributed by atoms with Gasteiger partial charge in [0.05, 0.1) is 6.61 Å². The fourth-order valence-electron chi connectivity index (χ4n) is 2.07. The molecule has 2 aliphatic rings. The van der Waals surface area contributed by atoms with Crippen LogP contribution in [0.5, 0.6) is 0 Å². The van der Waals surface area contributed by atoms with Gasteiger partial charge in [0.25, 0.3) is 0 Å². The van der Waals surface area contributed by atoms with Crippen LogP contribution in [0, 0.1) is 5.92 Å². The minimum atomic E-state index is -0.233. The lowest BCUT2D eigenvalue weighted by atomic mass is 10.1. The van der Waals surface area contributed by atoms with E-state index in [2.05, 4.69) is 6.92 Å². The second-order valence-corrected chi connectivity index (χ2v) is 4.29. The molecule has 0 aromatic heterocycles. The van der Waals surface area contributed by atoms with E-state index in [1.807, 2.05) is 0 Å². The molecule has 2 atom stereocenters. The van der Waals surface area contributed by atoms with Gasteiger partial charge in [-0.05, 0) is 12.8 Å². The van der Waals surface area contributed by atoms with E-state index in [4.69, 9.17) is 4.74 Å². The normalized spacial score (nSPS) is 28.6. The van der Waals surface area contributed by atoms with Crippen LogP contribution in [0.3, 0.4) is 0 Å². The third-order valence-electron chi connectivity index (χ3n) is 3.13. The zero-order valence-electron chi connectivity index (χ0n) is 9.07. The molecule has 0 radical (unpaired) electrons. The van der Waals surface area contributed by atoms with Crippen molar-refractivity contribution in [3.8, 4) is 0 Å². The van der Waals surface area contributed by atoms with E-state index in [1.54, 1.807) is 4.90 Å². The Labute approximate surface area is 89.6 Å². The molecule has 1 aliphatic carbocycles. The van der Waals surface area contributed by atoms with Gasteiger partial charge in [-0.3, -0.25) is 4.79 Å². The van der Waals surface area contributed by atoms with E-state index in [-0.39, 0.29) is 18.1 Å². The molecular weight excluding hydrogens is 194 g/mol. The number of carbonyl (C=O) groups excluding carboxylic acids is 2. The Morgan fingerprint density at radius 3 is 3.13 bits per heavy atom. The molecule has 2 fully saturated rings. The first-order valence-electron chi connectivity index (χ1n) is 5.70. The highest BCUT2D eigenvalue weighted by Crippen LogP contribution is 2.40. The minimum absolute atomic E-state index is 0.123. The maximum Gasteiger partial charge on any atom is 0.410 e. The quantitative estimate of drug-likeness (QED) is 0.666. The second kappa shape index (κ2) is 4.21. The van der Waals surface area contributed by atoms with Gasteiger partial charge < -0.3 is 9.64 Å². The van der Waals surface area contributed by atoms with Gasteiger partial charge in [-0.25, -0.2) is 4.79 Å². The van der Waals surface area contributed by atoms with Gasteiger partial charge in [0.1, 0.15) is 5.78 Å². The molecule has 0 spiro atoms. The molecule has 0 N–H and O–H groups in total. The fourth-order valence-corrected chi connectivity index (χ4v) is 2.07. The van der Waals surface area contributed by atoms with Crippen LogP contribution < -0.4 is 0 Å². The number of amides is 1. The number of fused-ring (bicyclic) bond motifs is 1. The Kier molecular flexibility index (Phi) is 2.93. The Bertz CT molecular complexity index is 277. The van der Waals surface area contributed by atoms with Crippen molar-refractivity contribution in [2.24, 2.45) is 5.92 Å². The highest BCUT2D eigenvalue weighted by atomic mass is 16.6. The van der Waals surface area contributed by atoms with Gasteiger partial charge in [-0.2, -0.15) is 0 Å². The minimum Gasteiger partial charge on any atom is -0.449 e. The number of ketones is 1. The Morgan fingerprint density at radius 1 is 1.60 bits per heavy atom. The molecule has 4 heteroatoms. The summed E-state index contributed by atoms with van der Waals surface area (Å²) in [5, 5.41) is 0. The molecule has 84 valence electrons. The molecule has 1 saturated carbocycles. The van der Waals surface area contributed by atoms with Crippen LogP contribution in [0.25, 0.3) is 0 Å². The maximum absolute atomic E-state index is 11.6. The third-order valence-corrected chi connectivity index (χ3v) is 3.13. The van der Waals surface area contributed by atoms with Crippen molar-refractivity contribution in [3.63, 3.8) is 0 Å². The van der Waals surface area contributed by atoms with Crippen molar-refractivity contribution in [2.75, 3.05) is 13.2 Å². The van der Waals surface area contributed by atoms with E-state index < -0.39 is 0 Å². The largest absolute Gasteiger partial charge is 0.449 e. The molecule has 1 saturated heterocycles. The van der Waals surface area contributed by atoms with E-state index in [0.29, 0.717) is 25.4 Å². The summed E-state index contributed by atoms with van der Waals surface area (Å²) in [4.78, 5) is 24.6. The predicted octanol–water partition coefficient (Wildman–Crippen LogP) is 1.59. The smallest absolute Gasteiger partial charge is 0.410 e.